The summed E-state index contributed by atoms with van der Waals surface area (Å²) in [5.74, 6) is -1.81. The molecule has 0 radical (unpaired) electrons. The summed E-state index contributed by atoms with van der Waals surface area (Å²) in [6.07, 6.45) is -3.29. The third-order valence-corrected chi connectivity index (χ3v) is 5.68. The number of nitrogens with zero attached hydrogens (tertiary/aromatic N) is 1. The lowest BCUT2D eigenvalue weighted by Crippen LogP contribution is -2.46. The molecule has 0 bridgehead atoms. The van der Waals surface area contributed by atoms with E-state index in [4.69, 9.17) is 16.3 Å². The Kier molecular flexibility index (Phi) is 6.19. The summed E-state index contributed by atoms with van der Waals surface area (Å²) in [6, 6.07) is 7.44. The number of rotatable bonds is 5. The van der Waals surface area contributed by atoms with E-state index in [9.17, 15) is 22.8 Å². The van der Waals surface area contributed by atoms with Crippen LogP contribution in [0.1, 0.15) is 24.8 Å². The molecule has 0 spiro atoms. The van der Waals surface area contributed by atoms with Crippen LogP contribution in [0, 0.1) is 5.92 Å². The van der Waals surface area contributed by atoms with Crippen molar-refractivity contribution in [1.29, 1.82) is 0 Å². The first kappa shape index (κ1) is 20.9. The van der Waals surface area contributed by atoms with Crippen LogP contribution >= 0.6 is 11.6 Å². The molecule has 1 atom stereocenters. The van der Waals surface area contributed by atoms with Crippen molar-refractivity contribution in [1.82, 2.24) is 10.2 Å². The zero-order valence-electron chi connectivity index (χ0n) is 15.2. The van der Waals surface area contributed by atoms with Crippen molar-refractivity contribution in [3.8, 4) is 0 Å². The molecule has 1 aromatic carbocycles. The summed E-state index contributed by atoms with van der Waals surface area (Å²) in [5, 5.41) is 3.46. The van der Waals surface area contributed by atoms with Crippen LogP contribution in [0.15, 0.2) is 24.3 Å². The Bertz CT molecular complexity index is 735. The molecule has 1 aromatic rings. The van der Waals surface area contributed by atoms with E-state index in [0.29, 0.717) is 42.5 Å². The van der Waals surface area contributed by atoms with Crippen molar-refractivity contribution in [2.75, 3.05) is 32.8 Å². The monoisotopic (exact) mass is 418 g/mol. The molecule has 0 aliphatic carbocycles. The molecule has 1 unspecified atom stereocenters. The fourth-order valence-corrected chi connectivity index (χ4v) is 4.06. The summed E-state index contributed by atoms with van der Waals surface area (Å²) in [6.45, 7) is -0.121. The maximum Gasteiger partial charge on any atom is 0.406 e. The van der Waals surface area contributed by atoms with Crippen LogP contribution in [0.3, 0.4) is 0 Å². The first-order valence-corrected chi connectivity index (χ1v) is 9.52. The first-order valence-electron chi connectivity index (χ1n) is 9.15. The zero-order valence-corrected chi connectivity index (χ0v) is 16.0. The molecule has 0 saturated carbocycles. The van der Waals surface area contributed by atoms with Gasteiger partial charge in [0.25, 0.3) is 0 Å². The van der Waals surface area contributed by atoms with Gasteiger partial charge in [0.1, 0.15) is 6.54 Å². The second-order valence-corrected chi connectivity index (χ2v) is 7.85. The average molecular weight is 419 g/mol. The second-order valence-electron chi connectivity index (χ2n) is 7.41. The van der Waals surface area contributed by atoms with Gasteiger partial charge in [-0.15, -0.1) is 0 Å². The lowest BCUT2D eigenvalue weighted by molar-refractivity contribution is -0.157. The van der Waals surface area contributed by atoms with Crippen LogP contribution in [0.5, 0.6) is 0 Å². The summed E-state index contributed by atoms with van der Waals surface area (Å²) < 4.78 is 43.1. The van der Waals surface area contributed by atoms with E-state index in [-0.39, 0.29) is 18.4 Å². The van der Waals surface area contributed by atoms with E-state index in [1.165, 1.54) is 0 Å². The quantitative estimate of drug-likeness (QED) is 0.800. The molecule has 154 valence electrons. The van der Waals surface area contributed by atoms with Crippen LogP contribution in [0.25, 0.3) is 0 Å². The van der Waals surface area contributed by atoms with E-state index in [1.54, 1.807) is 6.07 Å². The van der Waals surface area contributed by atoms with Gasteiger partial charge in [0, 0.05) is 43.2 Å². The fraction of sp³-hybridized carbons (Fsp3) is 0.579. The number of benzene rings is 1. The fourth-order valence-electron chi connectivity index (χ4n) is 3.87. The predicted octanol–water partition coefficient (Wildman–Crippen LogP) is 2.92. The van der Waals surface area contributed by atoms with E-state index < -0.39 is 30.5 Å². The number of ether oxygens (including phenoxy) is 1. The Labute approximate surface area is 166 Å². The van der Waals surface area contributed by atoms with Crippen molar-refractivity contribution in [3.63, 3.8) is 0 Å². The molecule has 0 aromatic heterocycles. The van der Waals surface area contributed by atoms with Gasteiger partial charge < -0.3 is 15.0 Å². The van der Waals surface area contributed by atoms with Crippen molar-refractivity contribution in [2.24, 2.45) is 5.92 Å². The lowest BCUT2D eigenvalue weighted by Gasteiger charge is -2.38. The SMILES string of the molecule is O=C(NCC1(c2cccc(Cl)c2)CCOCC1)C1CC(=O)N(CC(F)(F)F)C1. The van der Waals surface area contributed by atoms with Gasteiger partial charge in [0.15, 0.2) is 0 Å². The maximum atomic E-state index is 12.6. The number of carbonyl (C=O) groups is 2. The molecule has 2 aliphatic heterocycles. The predicted molar refractivity (Wildman–Crippen MR) is 96.9 cm³/mol. The number of hydrogen-bond acceptors (Lipinski definition) is 3. The van der Waals surface area contributed by atoms with E-state index in [1.807, 2.05) is 18.2 Å². The lowest BCUT2D eigenvalue weighted by atomic mass is 9.74. The number of alkyl halides is 3. The minimum Gasteiger partial charge on any atom is -0.381 e. The zero-order chi connectivity index (χ0) is 20.4. The molecule has 2 aliphatic rings. The smallest absolute Gasteiger partial charge is 0.381 e. The molecule has 2 saturated heterocycles. The highest BCUT2D eigenvalue weighted by molar-refractivity contribution is 6.30. The summed E-state index contributed by atoms with van der Waals surface area (Å²) in [7, 11) is 0. The molecule has 9 heteroatoms. The molecule has 2 amide bonds. The Hall–Kier alpha value is -1.80. The van der Waals surface area contributed by atoms with E-state index >= 15 is 0 Å². The standard InChI is InChI=1S/C19H22ClF3N2O3/c20-15-3-1-2-14(9-15)18(4-6-28-7-5-18)11-24-17(27)13-8-16(26)25(10-13)12-19(21,22)23/h1-3,9,13H,4-8,10-12H2,(H,24,27). The summed E-state index contributed by atoms with van der Waals surface area (Å²) in [5.41, 5.74) is 0.636. The summed E-state index contributed by atoms with van der Waals surface area (Å²) >= 11 is 6.12. The first-order chi connectivity index (χ1) is 13.2. The van der Waals surface area contributed by atoms with Gasteiger partial charge >= 0.3 is 6.18 Å². The highest BCUT2D eigenvalue weighted by Gasteiger charge is 2.41. The van der Waals surface area contributed by atoms with Gasteiger partial charge in [0.2, 0.25) is 11.8 Å². The Morgan fingerprint density at radius 2 is 2.04 bits per heavy atom. The molecular formula is C19H22ClF3N2O3. The van der Waals surface area contributed by atoms with Gasteiger partial charge in [-0.3, -0.25) is 9.59 Å². The molecule has 3 rings (SSSR count). The van der Waals surface area contributed by atoms with Crippen LogP contribution < -0.4 is 5.32 Å². The molecule has 1 N–H and O–H groups in total. The van der Waals surface area contributed by atoms with Crippen LogP contribution in [-0.4, -0.2) is 55.7 Å². The minimum absolute atomic E-state index is 0.199. The second kappa shape index (κ2) is 8.29. The maximum absolute atomic E-state index is 12.6. The van der Waals surface area contributed by atoms with E-state index in [0.717, 1.165) is 5.56 Å². The third kappa shape index (κ3) is 4.97. The number of nitrogens with one attached hydrogen (secondary N) is 1. The van der Waals surface area contributed by atoms with Gasteiger partial charge in [-0.1, -0.05) is 23.7 Å². The molecular weight excluding hydrogens is 397 g/mol. The largest absolute Gasteiger partial charge is 0.406 e. The molecule has 2 fully saturated rings. The third-order valence-electron chi connectivity index (χ3n) is 5.44. The topological polar surface area (TPSA) is 58.6 Å². The number of likely N-dealkylation sites (tertiary alicyclic amines) is 1. The Balaban J connectivity index is 1.65. The average Bonchev–Trinajstić information content (AvgIpc) is 2.99. The Morgan fingerprint density at radius 3 is 2.68 bits per heavy atom. The van der Waals surface area contributed by atoms with Crippen molar-refractivity contribution in [3.05, 3.63) is 34.9 Å². The van der Waals surface area contributed by atoms with Gasteiger partial charge in [-0.25, -0.2) is 0 Å². The van der Waals surface area contributed by atoms with Gasteiger partial charge in [-0.2, -0.15) is 13.2 Å². The van der Waals surface area contributed by atoms with Gasteiger partial charge in [-0.05, 0) is 30.5 Å². The van der Waals surface area contributed by atoms with Crippen LogP contribution in [0.4, 0.5) is 13.2 Å². The number of amides is 2. The normalized spacial score (nSPS) is 22.4. The summed E-state index contributed by atoms with van der Waals surface area (Å²) in [4.78, 5) is 25.1. The van der Waals surface area contributed by atoms with Crippen molar-refractivity contribution in [2.45, 2.75) is 30.9 Å². The van der Waals surface area contributed by atoms with Crippen molar-refractivity contribution < 1.29 is 27.5 Å². The Morgan fingerprint density at radius 1 is 1.32 bits per heavy atom. The van der Waals surface area contributed by atoms with Gasteiger partial charge in [0.05, 0.1) is 5.92 Å². The van der Waals surface area contributed by atoms with Crippen LogP contribution in [-0.2, 0) is 19.7 Å². The molecule has 28 heavy (non-hydrogen) atoms. The number of hydrogen-bond donors (Lipinski definition) is 1. The number of carbonyl (C=O) groups excluding carboxylic acids is 2. The molecule has 5 nitrogen and oxygen atoms in total. The molecule has 2 heterocycles. The number of halogens is 4. The highest BCUT2D eigenvalue weighted by atomic mass is 35.5. The van der Waals surface area contributed by atoms with Crippen LogP contribution in [0.2, 0.25) is 5.02 Å². The highest BCUT2D eigenvalue weighted by Crippen LogP contribution is 2.35. The minimum atomic E-state index is -4.47. The van der Waals surface area contributed by atoms with Crippen molar-refractivity contribution >= 4 is 23.4 Å². The van der Waals surface area contributed by atoms with E-state index in [2.05, 4.69) is 5.32 Å².